The summed E-state index contributed by atoms with van der Waals surface area (Å²) in [6, 6.07) is 1.07. The average molecular weight is 319 g/mol. The maximum absolute atomic E-state index is 13.6. The summed E-state index contributed by atoms with van der Waals surface area (Å²) in [6.45, 7) is 4.08. The van der Waals surface area contributed by atoms with E-state index in [4.69, 9.17) is 11.6 Å². The van der Waals surface area contributed by atoms with Crippen molar-refractivity contribution in [1.29, 1.82) is 0 Å². The van der Waals surface area contributed by atoms with Crippen molar-refractivity contribution in [3.05, 3.63) is 51.6 Å². The monoisotopic (exact) mass is 318 g/mol. The molecule has 1 aromatic carbocycles. The second-order valence-electron chi connectivity index (χ2n) is 4.67. The van der Waals surface area contributed by atoms with E-state index in [9.17, 15) is 18.3 Å². The van der Waals surface area contributed by atoms with Crippen LogP contribution in [0, 0.1) is 24.4 Å². The maximum atomic E-state index is 13.6. The Bertz CT molecular complexity index is 673. The summed E-state index contributed by atoms with van der Waals surface area (Å²) < 4.78 is 41.3. The SMILES string of the molecule is CCn1nc(C)c(Cl)c1CC(O)c1cc(F)c(F)cc1F. The van der Waals surface area contributed by atoms with Gasteiger partial charge in [0.15, 0.2) is 11.6 Å². The molecule has 7 heteroatoms. The molecule has 3 nitrogen and oxygen atoms in total. The molecule has 0 fully saturated rings. The quantitative estimate of drug-likeness (QED) is 0.875. The molecule has 0 bridgehead atoms. The van der Waals surface area contributed by atoms with E-state index in [0.717, 1.165) is 0 Å². The molecule has 114 valence electrons. The molecule has 0 radical (unpaired) electrons. The highest BCUT2D eigenvalue weighted by atomic mass is 35.5. The molecule has 0 amide bonds. The van der Waals surface area contributed by atoms with Crippen LogP contribution in [0.3, 0.4) is 0 Å². The lowest BCUT2D eigenvalue weighted by Gasteiger charge is -2.13. The zero-order chi connectivity index (χ0) is 15.7. The Labute approximate surface area is 125 Å². The van der Waals surface area contributed by atoms with Crippen LogP contribution in [0.25, 0.3) is 0 Å². The second-order valence-corrected chi connectivity index (χ2v) is 5.05. The van der Waals surface area contributed by atoms with E-state index < -0.39 is 23.6 Å². The van der Waals surface area contributed by atoms with Crippen molar-refractivity contribution in [2.24, 2.45) is 0 Å². The number of nitrogens with zero attached hydrogens (tertiary/aromatic N) is 2. The van der Waals surface area contributed by atoms with Crippen LogP contribution >= 0.6 is 11.6 Å². The van der Waals surface area contributed by atoms with Crippen LogP contribution in [0.1, 0.15) is 30.0 Å². The third kappa shape index (κ3) is 3.06. The number of hydrogen-bond acceptors (Lipinski definition) is 2. The van der Waals surface area contributed by atoms with Crippen molar-refractivity contribution in [2.75, 3.05) is 0 Å². The first kappa shape index (κ1) is 15.9. The first-order valence-electron chi connectivity index (χ1n) is 6.39. The van der Waals surface area contributed by atoms with E-state index in [1.165, 1.54) is 0 Å². The molecule has 0 aliphatic rings. The Kier molecular flexibility index (Phi) is 4.58. The highest BCUT2D eigenvalue weighted by Crippen LogP contribution is 2.28. The molecule has 0 aliphatic carbocycles. The van der Waals surface area contributed by atoms with Gasteiger partial charge >= 0.3 is 0 Å². The van der Waals surface area contributed by atoms with Crippen molar-refractivity contribution in [1.82, 2.24) is 9.78 Å². The highest BCUT2D eigenvalue weighted by molar-refractivity contribution is 6.31. The zero-order valence-electron chi connectivity index (χ0n) is 11.5. The van der Waals surface area contributed by atoms with Gasteiger partial charge in [-0.1, -0.05) is 11.6 Å². The summed E-state index contributed by atoms with van der Waals surface area (Å²) >= 11 is 6.10. The van der Waals surface area contributed by atoms with Crippen LogP contribution in [-0.4, -0.2) is 14.9 Å². The molecule has 2 aromatic rings. The Balaban J connectivity index is 2.34. The highest BCUT2D eigenvalue weighted by Gasteiger charge is 2.21. The van der Waals surface area contributed by atoms with E-state index in [1.54, 1.807) is 11.6 Å². The third-order valence-corrected chi connectivity index (χ3v) is 3.73. The van der Waals surface area contributed by atoms with Gasteiger partial charge in [-0.05, 0) is 19.9 Å². The summed E-state index contributed by atoms with van der Waals surface area (Å²) in [7, 11) is 0. The molecule has 2 rings (SSSR count). The van der Waals surface area contributed by atoms with E-state index in [2.05, 4.69) is 5.10 Å². The van der Waals surface area contributed by atoms with Gasteiger partial charge in [-0.25, -0.2) is 13.2 Å². The first-order chi connectivity index (χ1) is 9.85. The van der Waals surface area contributed by atoms with Gasteiger partial charge < -0.3 is 5.11 Å². The Morgan fingerprint density at radius 1 is 1.24 bits per heavy atom. The minimum absolute atomic E-state index is 0.0461. The van der Waals surface area contributed by atoms with Crippen molar-refractivity contribution in [2.45, 2.75) is 32.9 Å². The maximum Gasteiger partial charge on any atom is 0.161 e. The number of halogens is 4. The number of aryl methyl sites for hydroxylation is 2. The molecule has 0 spiro atoms. The largest absolute Gasteiger partial charge is 0.388 e. The topological polar surface area (TPSA) is 38.0 Å². The molecule has 0 aliphatic heterocycles. The van der Waals surface area contributed by atoms with Gasteiger partial charge in [0.05, 0.1) is 22.5 Å². The van der Waals surface area contributed by atoms with Gasteiger partial charge in [0.1, 0.15) is 5.82 Å². The van der Waals surface area contributed by atoms with Crippen molar-refractivity contribution in [3.63, 3.8) is 0 Å². The van der Waals surface area contributed by atoms with E-state index in [-0.39, 0.29) is 12.0 Å². The van der Waals surface area contributed by atoms with Gasteiger partial charge in [0.25, 0.3) is 0 Å². The average Bonchev–Trinajstić information content (AvgIpc) is 2.70. The number of aromatic nitrogens is 2. The lowest BCUT2D eigenvalue weighted by molar-refractivity contribution is 0.170. The molecule has 21 heavy (non-hydrogen) atoms. The van der Waals surface area contributed by atoms with E-state index >= 15 is 0 Å². The summed E-state index contributed by atoms with van der Waals surface area (Å²) in [4.78, 5) is 0. The molecule has 1 atom stereocenters. The van der Waals surface area contributed by atoms with Crippen LogP contribution in [0.15, 0.2) is 12.1 Å². The fraction of sp³-hybridized carbons (Fsp3) is 0.357. The fourth-order valence-corrected chi connectivity index (χ4v) is 2.36. The lowest BCUT2D eigenvalue weighted by atomic mass is 10.0. The lowest BCUT2D eigenvalue weighted by Crippen LogP contribution is -2.11. The third-order valence-electron chi connectivity index (χ3n) is 3.24. The zero-order valence-corrected chi connectivity index (χ0v) is 12.3. The van der Waals surface area contributed by atoms with Crippen LogP contribution < -0.4 is 0 Å². The number of benzene rings is 1. The Hall–Kier alpha value is -1.53. The Morgan fingerprint density at radius 3 is 2.48 bits per heavy atom. The molecule has 1 N–H and O–H groups in total. The number of aliphatic hydroxyl groups excluding tert-OH is 1. The Morgan fingerprint density at radius 2 is 1.86 bits per heavy atom. The minimum Gasteiger partial charge on any atom is -0.388 e. The normalized spacial score (nSPS) is 12.7. The van der Waals surface area contributed by atoms with Crippen LogP contribution in [-0.2, 0) is 13.0 Å². The van der Waals surface area contributed by atoms with Gasteiger partial charge in [-0.2, -0.15) is 5.10 Å². The first-order valence-corrected chi connectivity index (χ1v) is 6.77. The van der Waals surface area contributed by atoms with Gasteiger partial charge in [0, 0.05) is 24.6 Å². The predicted octanol–water partition coefficient (Wildman–Crippen LogP) is 3.56. The predicted molar refractivity (Wildman–Crippen MR) is 72.6 cm³/mol. The van der Waals surface area contributed by atoms with Crippen molar-refractivity contribution < 1.29 is 18.3 Å². The fourth-order valence-electron chi connectivity index (χ4n) is 2.15. The molecular formula is C14H14ClF3N2O. The minimum atomic E-state index is -1.35. The van der Waals surface area contributed by atoms with Crippen LogP contribution in [0.4, 0.5) is 13.2 Å². The smallest absolute Gasteiger partial charge is 0.161 e. The van der Waals surface area contributed by atoms with Crippen LogP contribution in [0.2, 0.25) is 5.02 Å². The van der Waals surface area contributed by atoms with Gasteiger partial charge in [0.2, 0.25) is 0 Å². The molecule has 1 unspecified atom stereocenters. The van der Waals surface area contributed by atoms with Gasteiger partial charge in [-0.3, -0.25) is 4.68 Å². The summed E-state index contributed by atoms with van der Waals surface area (Å²) in [6.07, 6.45) is -1.39. The molecule has 1 heterocycles. The van der Waals surface area contributed by atoms with E-state index in [0.29, 0.717) is 35.1 Å². The van der Waals surface area contributed by atoms with Crippen molar-refractivity contribution in [3.8, 4) is 0 Å². The molecule has 0 saturated heterocycles. The summed E-state index contributed by atoms with van der Waals surface area (Å²) in [5.74, 6) is -3.51. The van der Waals surface area contributed by atoms with Crippen LogP contribution in [0.5, 0.6) is 0 Å². The van der Waals surface area contributed by atoms with Gasteiger partial charge in [-0.15, -0.1) is 0 Å². The molecule has 0 saturated carbocycles. The number of hydrogen-bond donors (Lipinski definition) is 1. The second kappa shape index (κ2) is 6.07. The molecular weight excluding hydrogens is 305 g/mol. The number of aliphatic hydroxyl groups is 1. The van der Waals surface area contributed by atoms with E-state index in [1.807, 2.05) is 6.92 Å². The number of rotatable bonds is 4. The molecule has 1 aromatic heterocycles. The summed E-state index contributed by atoms with van der Waals surface area (Å²) in [5, 5.41) is 14.6. The summed E-state index contributed by atoms with van der Waals surface area (Å²) in [5.41, 5.74) is 0.797. The van der Waals surface area contributed by atoms with Crippen molar-refractivity contribution >= 4 is 11.6 Å². The standard InChI is InChI=1S/C14H14ClF3N2O/c1-3-20-12(14(15)7(2)19-20)6-13(21)8-4-10(17)11(18)5-9(8)16/h4-5,13,21H,3,6H2,1-2H3.